The average molecular weight is 452 g/mol. The van der Waals surface area contributed by atoms with E-state index in [4.69, 9.17) is 14.5 Å². The first-order valence-corrected chi connectivity index (χ1v) is 11.9. The number of aromatic nitrogens is 1. The highest BCUT2D eigenvalue weighted by molar-refractivity contribution is 7.22. The van der Waals surface area contributed by atoms with Crippen LogP contribution in [0.5, 0.6) is 5.75 Å². The van der Waals surface area contributed by atoms with Gasteiger partial charge < -0.3 is 9.47 Å². The van der Waals surface area contributed by atoms with E-state index in [1.807, 2.05) is 61.5 Å². The third-order valence-corrected chi connectivity index (χ3v) is 6.39. The number of amides is 1. The Morgan fingerprint density at radius 3 is 2.78 bits per heavy atom. The molecular formula is C25H29N3O3S. The van der Waals surface area contributed by atoms with E-state index in [2.05, 4.69) is 4.90 Å². The average Bonchev–Trinajstić information content (AvgIpc) is 3.27. The molecule has 6 nitrogen and oxygen atoms in total. The Labute approximate surface area is 193 Å². The number of hydrogen-bond donors (Lipinski definition) is 0. The molecule has 2 heterocycles. The molecule has 3 aromatic rings. The van der Waals surface area contributed by atoms with E-state index in [9.17, 15) is 4.79 Å². The molecule has 0 atom stereocenters. The molecule has 0 unspecified atom stereocenters. The van der Waals surface area contributed by atoms with E-state index in [-0.39, 0.29) is 5.91 Å². The molecular weight excluding hydrogens is 422 g/mol. The molecule has 2 aromatic carbocycles. The lowest BCUT2D eigenvalue weighted by Gasteiger charge is -2.27. The quantitative estimate of drug-likeness (QED) is 0.450. The lowest BCUT2D eigenvalue weighted by atomic mass is 10.2. The highest BCUT2D eigenvalue weighted by Gasteiger charge is 2.20. The van der Waals surface area contributed by atoms with E-state index in [0.717, 1.165) is 60.8 Å². The van der Waals surface area contributed by atoms with Gasteiger partial charge >= 0.3 is 0 Å². The van der Waals surface area contributed by atoms with Crippen molar-refractivity contribution in [1.82, 2.24) is 9.88 Å². The number of carbonyl (C=O) groups excluding carboxylic acids is 1. The molecule has 0 radical (unpaired) electrons. The van der Waals surface area contributed by atoms with E-state index in [1.54, 1.807) is 11.0 Å². The van der Waals surface area contributed by atoms with Crippen molar-refractivity contribution >= 4 is 38.7 Å². The summed E-state index contributed by atoms with van der Waals surface area (Å²) < 4.78 is 12.2. The van der Waals surface area contributed by atoms with E-state index in [1.165, 1.54) is 11.3 Å². The summed E-state index contributed by atoms with van der Waals surface area (Å²) >= 11 is 1.53. The molecule has 1 amide bonds. The van der Waals surface area contributed by atoms with Crippen molar-refractivity contribution < 1.29 is 14.3 Å². The van der Waals surface area contributed by atoms with E-state index >= 15 is 0 Å². The van der Waals surface area contributed by atoms with Crippen LogP contribution in [0.3, 0.4) is 0 Å². The van der Waals surface area contributed by atoms with Crippen LogP contribution in [0.4, 0.5) is 5.13 Å². The first-order valence-electron chi connectivity index (χ1n) is 11.1. The minimum absolute atomic E-state index is 0.0622. The number of thiazole rings is 1. The third kappa shape index (κ3) is 5.73. The van der Waals surface area contributed by atoms with Gasteiger partial charge in [0.05, 0.1) is 24.5 Å². The first kappa shape index (κ1) is 22.5. The molecule has 0 aliphatic carbocycles. The molecule has 32 heavy (non-hydrogen) atoms. The topological polar surface area (TPSA) is 54.9 Å². The number of carbonyl (C=O) groups is 1. The zero-order valence-electron chi connectivity index (χ0n) is 18.4. The summed E-state index contributed by atoms with van der Waals surface area (Å²) in [6.45, 7) is 7.53. The van der Waals surface area contributed by atoms with Crippen molar-refractivity contribution in [3.63, 3.8) is 0 Å². The van der Waals surface area contributed by atoms with Gasteiger partial charge in [-0.05, 0) is 37.1 Å². The van der Waals surface area contributed by atoms with Crippen LogP contribution in [0, 0.1) is 0 Å². The summed E-state index contributed by atoms with van der Waals surface area (Å²) in [7, 11) is 0. The van der Waals surface area contributed by atoms with Gasteiger partial charge in [-0.1, -0.05) is 47.7 Å². The van der Waals surface area contributed by atoms with Crippen molar-refractivity contribution in [3.8, 4) is 5.75 Å². The summed E-state index contributed by atoms with van der Waals surface area (Å²) in [4.78, 5) is 22.2. The van der Waals surface area contributed by atoms with Crippen molar-refractivity contribution in [2.24, 2.45) is 0 Å². The fraction of sp³-hybridized carbons (Fsp3) is 0.360. The predicted molar refractivity (Wildman–Crippen MR) is 130 cm³/mol. The number of hydrogen-bond acceptors (Lipinski definition) is 6. The lowest BCUT2D eigenvalue weighted by molar-refractivity contribution is -0.114. The Balaban J connectivity index is 1.54. The Bertz CT molecular complexity index is 1050. The highest BCUT2D eigenvalue weighted by Crippen LogP contribution is 2.34. The minimum atomic E-state index is -0.0622. The van der Waals surface area contributed by atoms with Crippen molar-refractivity contribution in [3.05, 3.63) is 60.2 Å². The zero-order chi connectivity index (χ0) is 22.2. The number of morpholine rings is 1. The molecule has 1 aromatic heterocycles. The summed E-state index contributed by atoms with van der Waals surface area (Å²) in [5, 5.41) is 0.705. The number of nitrogens with zero attached hydrogens (tertiary/aromatic N) is 3. The Kier molecular flexibility index (Phi) is 7.87. The number of ether oxygens (including phenoxy) is 2. The maximum atomic E-state index is 13.2. The van der Waals surface area contributed by atoms with Crippen LogP contribution in [0.2, 0.25) is 0 Å². The summed E-state index contributed by atoms with van der Waals surface area (Å²) in [6, 6.07) is 15.8. The maximum Gasteiger partial charge on any atom is 0.252 e. The summed E-state index contributed by atoms with van der Waals surface area (Å²) in [6.07, 6.45) is 4.37. The van der Waals surface area contributed by atoms with Crippen LogP contribution >= 0.6 is 11.3 Å². The summed E-state index contributed by atoms with van der Waals surface area (Å²) in [5.41, 5.74) is 1.81. The molecule has 7 heteroatoms. The van der Waals surface area contributed by atoms with Gasteiger partial charge in [-0.2, -0.15) is 0 Å². The Morgan fingerprint density at radius 2 is 2.00 bits per heavy atom. The minimum Gasteiger partial charge on any atom is -0.492 e. The third-order valence-electron chi connectivity index (χ3n) is 5.35. The SMILES string of the molecule is CCOc1cccc2sc(N(CCCN3CCOCC3)C(=O)/C=C/c3ccccc3)nc12. The molecule has 0 saturated carbocycles. The monoisotopic (exact) mass is 451 g/mol. The van der Waals surface area contributed by atoms with Gasteiger partial charge in [-0.25, -0.2) is 4.98 Å². The van der Waals surface area contributed by atoms with Crippen molar-refractivity contribution in [2.75, 3.05) is 50.9 Å². The normalized spacial score (nSPS) is 14.8. The second kappa shape index (κ2) is 11.2. The molecule has 4 rings (SSSR count). The number of anilines is 1. The smallest absolute Gasteiger partial charge is 0.252 e. The number of benzene rings is 2. The Morgan fingerprint density at radius 1 is 1.19 bits per heavy atom. The van der Waals surface area contributed by atoms with Crippen LogP contribution in [-0.2, 0) is 9.53 Å². The van der Waals surface area contributed by atoms with Crippen LogP contribution in [0.15, 0.2) is 54.6 Å². The molecule has 0 spiro atoms. The highest BCUT2D eigenvalue weighted by atomic mass is 32.1. The fourth-order valence-corrected chi connectivity index (χ4v) is 4.71. The number of fused-ring (bicyclic) bond motifs is 1. The number of rotatable bonds is 9. The predicted octanol–water partition coefficient (Wildman–Crippen LogP) is 4.46. The molecule has 0 bridgehead atoms. The van der Waals surface area contributed by atoms with E-state index in [0.29, 0.717) is 18.3 Å². The van der Waals surface area contributed by atoms with Crippen LogP contribution in [0.1, 0.15) is 18.9 Å². The molecule has 0 N–H and O–H groups in total. The molecule has 168 valence electrons. The van der Waals surface area contributed by atoms with Crippen LogP contribution in [0.25, 0.3) is 16.3 Å². The first-order chi connectivity index (χ1) is 15.7. The fourth-order valence-electron chi connectivity index (χ4n) is 3.70. The van der Waals surface area contributed by atoms with Gasteiger partial charge in [0.1, 0.15) is 11.3 Å². The molecule has 1 aliphatic rings. The maximum absolute atomic E-state index is 13.2. The van der Waals surface area contributed by atoms with Gasteiger partial charge in [-0.3, -0.25) is 14.6 Å². The van der Waals surface area contributed by atoms with Crippen molar-refractivity contribution in [1.29, 1.82) is 0 Å². The second-order valence-corrected chi connectivity index (χ2v) is 8.58. The molecule has 1 saturated heterocycles. The lowest BCUT2D eigenvalue weighted by Crippen LogP contribution is -2.39. The van der Waals surface area contributed by atoms with Gasteiger partial charge in [0.2, 0.25) is 0 Å². The van der Waals surface area contributed by atoms with Gasteiger partial charge in [0.25, 0.3) is 5.91 Å². The van der Waals surface area contributed by atoms with Gasteiger partial charge in [0.15, 0.2) is 5.13 Å². The van der Waals surface area contributed by atoms with Crippen LogP contribution in [-0.4, -0.2) is 61.8 Å². The zero-order valence-corrected chi connectivity index (χ0v) is 19.2. The van der Waals surface area contributed by atoms with Gasteiger partial charge in [0, 0.05) is 32.3 Å². The number of para-hydroxylation sites is 1. The van der Waals surface area contributed by atoms with E-state index < -0.39 is 0 Å². The second-order valence-electron chi connectivity index (χ2n) is 7.57. The molecule has 1 fully saturated rings. The van der Waals surface area contributed by atoms with Crippen LogP contribution < -0.4 is 9.64 Å². The molecule has 1 aliphatic heterocycles. The van der Waals surface area contributed by atoms with Gasteiger partial charge in [-0.15, -0.1) is 0 Å². The van der Waals surface area contributed by atoms with Crippen molar-refractivity contribution in [2.45, 2.75) is 13.3 Å². The largest absolute Gasteiger partial charge is 0.492 e. The Hall–Kier alpha value is -2.74. The standard InChI is InChI=1S/C25H29N3O3S/c1-2-31-21-10-6-11-22-24(21)26-25(32-22)28(15-7-14-27-16-18-30-19-17-27)23(29)13-12-20-8-4-3-5-9-20/h3-6,8-13H,2,7,14-19H2,1H3/b13-12+. The summed E-state index contributed by atoms with van der Waals surface area (Å²) in [5.74, 6) is 0.695.